The van der Waals surface area contributed by atoms with Crippen LogP contribution in [-0.2, 0) is 0 Å². The molecule has 0 amide bonds. The van der Waals surface area contributed by atoms with Gasteiger partial charge in [0.05, 0.1) is 12.3 Å². The smallest absolute Gasteiger partial charge is 0.145 e. The minimum absolute atomic E-state index is 0.824. The molecule has 64 valence electrons. The predicted octanol–water partition coefficient (Wildman–Crippen LogP) is 2.19. The van der Waals surface area contributed by atoms with Crippen LogP contribution in [-0.4, -0.2) is 13.2 Å². The van der Waals surface area contributed by atoms with Crippen LogP contribution in [0.1, 0.15) is 12.0 Å². The van der Waals surface area contributed by atoms with Gasteiger partial charge in [-0.1, -0.05) is 12.1 Å². The topological polar surface area (TPSA) is 21.3 Å². The number of benzene rings is 1. The van der Waals surface area contributed by atoms with E-state index in [1.54, 1.807) is 0 Å². The Balaban J connectivity index is 2.42. The molecule has 0 atom stereocenters. The predicted molar refractivity (Wildman–Crippen MR) is 49.8 cm³/mol. The van der Waals surface area contributed by atoms with Gasteiger partial charge in [0.1, 0.15) is 5.75 Å². The molecule has 0 aromatic heterocycles. The largest absolute Gasteiger partial charge is 0.491 e. The second kappa shape index (κ2) is 3.05. The van der Waals surface area contributed by atoms with Crippen molar-refractivity contribution in [2.45, 2.75) is 13.3 Å². The highest BCUT2D eigenvalue weighted by Crippen LogP contribution is 2.29. The Morgan fingerprint density at radius 1 is 1.42 bits per heavy atom. The Labute approximate surface area is 72.5 Å². The molecule has 1 aliphatic rings. The van der Waals surface area contributed by atoms with Crippen molar-refractivity contribution in [3.63, 3.8) is 0 Å². The Hall–Kier alpha value is -1.18. The number of anilines is 1. The fraction of sp³-hybridized carbons (Fsp3) is 0.400. The molecule has 1 aromatic rings. The Bertz CT molecular complexity index is 283. The van der Waals surface area contributed by atoms with E-state index >= 15 is 0 Å². The van der Waals surface area contributed by atoms with Gasteiger partial charge < -0.3 is 10.1 Å². The molecule has 1 N–H and O–H groups in total. The number of hydrogen-bond donors (Lipinski definition) is 1. The molecule has 0 aliphatic carbocycles. The van der Waals surface area contributed by atoms with Crippen molar-refractivity contribution < 1.29 is 4.74 Å². The van der Waals surface area contributed by atoms with E-state index < -0.39 is 0 Å². The summed E-state index contributed by atoms with van der Waals surface area (Å²) in [7, 11) is 0. The Kier molecular flexibility index (Phi) is 1.90. The molecule has 2 nitrogen and oxygen atoms in total. The van der Waals surface area contributed by atoms with E-state index in [-0.39, 0.29) is 0 Å². The van der Waals surface area contributed by atoms with E-state index in [1.165, 1.54) is 5.56 Å². The van der Waals surface area contributed by atoms with E-state index in [9.17, 15) is 0 Å². The summed E-state index contributed by atoms with van der Waals surface area (Å²) in [5.41, 5.74) is 2.34. The summed E-state index contributed by atoms with van der Waals surface area (Å²) in [5, 5.41) is 3.34. The second-order valence-corrected chi connectivity index (χ2v) is 3.08. The SMILES string of the molecule is Cc1cccc2c1OCCCN2. The highest BCUT2D eigenvalue weighted by molar-refractivity contribution is 5.60. The molecular formula is C10H13NO. The van der Waals surface area contributed by atoms with E-state index in [4.69, 9.17) is 4.74 Å². The summed E-state index contributed by atoms with van der Waals surface area (Å²) >= 11 is 0. The van der Waals surface area contributed by atoms with Gasteiger partial charge in [-0.3, -0.25) is 0 Å². The van der Waals surface area contributed by atoms with Crippen molar-refractivity contribution in [3.05, 3.63) is 23.8 Å². The maximum absolute atomic E-state index is 5.62. The highest BCUT2D eigenvalue weighted by Gasteiger charge is 2.08. The molecule has 0 saturated heterocycles. The lowest BCUT2D eigenvalue weighted by molar-refractivity contribution is 0.321. The molecule has 0 bridgehead atoms. The van der Waals surface area contributed by atoms with Gasteiger partial charge in [-0.2, -0.15) is 0 Å². The standard InChI is InChI=1S/C10H13NO/c1-8-4-2-5-9-10(8)12-7-3-6-11-9/h2,4-5,11H,3,6-7H2,1H3. The number of rotatable bonds is 0. The van der Waals surface area contributed by atoms with Gasteiger partial charge in [-0.05, 0) is 25.0 Å². The summed E-state index contributed by atoms with van der Waals surface area (Å²) in [6.45, 7) is 3.91. The molecule has 12 heavy (non-hydrogen) atoms. The summed E-state index contributed by atoms with van der Waals surface area (Å²) in [4.78, 5) is 0. The average molecular weight is 163 g/mol. The third-order valence-corrected chi connectivity index (χ3v) is 2.09. The third-order valence-electron chi connectivity index (χ3n) is 2.09. The molecule has 2 heteroatoms. The lowest BCUT2D eigenvalue weighted by Gasteiger charge is -2.09. The minimum atomic E-state index is 0.824. The van der Waals surface area contributed by atoms with Gasteiger partial charge >= 0.3 is 0 Å². The monoisotopic (exact) mass is 163 g/mol. The summed E-state index contributed by atoms with van der Waals surface area (Å²) in [5.74, 6) is 1.02. The molecule has 1 heterocycles. The molecular weight excluding hydrogens is 150 g/mol. The molecule has 1 aromatic carbocycles. The van der Waals surface area contributed by atoms with Crippen molar-refractivity contribution in [2.24, 2.45) is 0 Å². The van der Waals surface area contributed by atoms with Crippen LogP contribution < -0.4 is 10.1 Å². The number of hydrogen-bond acceptors (Lipinski definition) is 2. The summed E-state index contributed by atoms with van der Waals surface area (Å²) < 4.78 is 5.62. The summed E-state index contributed by atoms with van der Waals surface area (Å²) in [6, 6.07) is 6.19. The van der Waals surface area contributed by atoms with Crippen LogP contribution in [0.4, 0.5) is 5.69 Å². The normalized spacial score (nSPS) is 15.4. The zero-order valence-corrected chi connectivity index (χ0v) is 7.26. The first-order valence-corrected chi connectivity index (χ1v) is 4.34. The fourth-order valence-electron chi connectivity index (χ4n) is 1.45. The van der Waals surface area contributed by atoms with Gasteiger partial charge in [0.15, 0.2) is 0 Å². The maximum Gasteiger partial charge on any atom is 0.145 e. The van der Waals surface area contributed by atoms with Crippen LogP contribution in [0.25, 0.3) is 0 Å². The van der Waals surface area contributed by atoms with Crippen LogP contribution in [0, 0.1) is 6.92 Å². The van der Waals surface area contributed by atoms with Crippen molar-refractivity contribution >= 4 is 5.69 Å². The second-order valence-electron chi connectivity index (χ2n) is 3.08. The molecule has 0 fully saturated rings. The fourth-order valence-corrected chi connectivity index (χ4v) is 1.45. The van der Waals surface area contributed by atoms with Crippen molar-refractivity contribution in [2.75, 3.05) is 18.5 Å². The van der Waals surface area contributed by atoms with E-state index in [0.717, 1.165) is 31.0 Å². The molecule has 2 rings (SSSR count). The molecule has 1 aliphatic heterocycles. The number of para-hydroxylation sites is 1. The van der Waals surface area contributed by atoms with E-state index in [0.29, 0.717) is 0 Å². The van der Waals surface area contributed by atoms with Crippen LogP contribution in [0.5, 0.6) is 5.75 Å². The van der Waals surface area contributed by atoms with Crippen LogP contribution in [0.15, 0.2) is 18.2 Å². The minimum Gasteiger partial charge on any atom is -0.491 e. The van der Waals surface area contributed by atoms with Gasteiger partial charge in [-0.15, -0.1) is 0 Å². The molecule has 0 radical (unpaired) electrons. The number of fused-ring (bicyclic) bond motifs is 1. The molecule has 0 spiro atoms. The zero-order chi connectivity index (χ0) is 8.39. The Morgan fingerprint density at radius 2 is 2.33 bits per heavy atom. The summed E-state index contributed by atoms with van der Waals surface area (Å²) in [6.07, 6.45) is 1.08. The first kappa shape index (κ1) is 7.47. The van der Waals surface area contributed by atoms with Gasteiger partial charge in [0.2, 0.25) is 0 Å². The van der Waals surface area contributed by atoms with Crippen LogP contribution >= 0.6 is 0 Å². The van der Waals surface area contributed by atoms with Gasteiger partial charge in [-0.25, -0.2) is 0 Å². The van der Waals surface area contributed by atoms with Gasteiger partial charge in [0.25, 0.3) is 0 Å². The highest BCUT2D eigenvalue weighted by atomic mass is 16.5. The van der Waals surface area contributed by atoms with Gasteiger partial charge in [0, 0.05) is 6.54 Å². The first-order chi connectivity index (χ1) is 5.88. The van der Waals surface area contributed by atoms with Crippen molar-refractivity contribution in [3.8, 4) is 5.75 Å². The zero-order valence-electron chi connectivity index (χ0n) is 7.26. The quantitative estimate of drug-likeness (QED) is 0.633. The first-order valence-electron chi connectivity index (χ1n) is 4.34. The lowest BCUT2D eigenvalue weighted by Crippen LogP contribution is -1.99. The van der Waals surface area contributed by atoms with E-state index in [2.05, 4.69) is 30.4 Å². The van der Waals surface area contributed by atoms with Crippen molar-refractivity contribution in [1.29, 1.82) is 0 Å². The number of nitrogens with one attached hydrogen (secondary N) is 1. The number of ether oxygens (including phenoxy) is 1. The van der Waals surface area contributed by atoms with Crippen LogP contribution in [0.3, 0.4) is 0 Å². The molecule has 0 saturated carbocycles. The number of aryl methyl sites for hydroxylation is 1. The van der Waals surface area contributed by atoms with Crippen LogP contribution in [0.2, 0.25) is 0 Å². The Morgan fingerprint density at radius 3 is 3.25 bits per heavy atom. The third kappa shape index (κ3) is 1.24. The van der Waals surface area contributed by atoms with E-state index in [1.807, 2.05) is 0 Å². The average Bonchev–Trinajstić information content (AvgIpc) is 2.30. The lowest BCUT2D eigenvalue weighted by atomic mass is 10.2. The maximum atomic E-state index is 5.62. The van der Waals surface area contributed by atoms with Crippen molar-refractivity contribution in [1.82, 2.24) is 0 Å². The molecule has 0 unspecified atom stereocenters.